The van der Waals surface area contributed by atoms with Crippen molar-refractivity contribution in [3.8, 4) is 5.69 Å². The van der Waals surface area contributed by atoms with Crippen molar-refractivity contribution >= 4 is 21.4 Å². The summed E-state index contributed by atoms with van der Waals surface area (Å²) < 4.78 is 27.5. The molecule has 3 aromatic rings. The molecule has 1 N–H and O–H groups in total. The number of hydrogen-bond donors (Lipinski definition) is 1. The maximum atomic E-state index is 12.1. The van der Waals surface area contributed by atoms with Gasteiger partial charge in [-0.05, 0) is 48.4 Å². The van der Waals surface area contributed by atoms with E-state index >= 15 is 0 Å². The van der Waals surface area contributed by atoms with Crippen LogP contribution in [0.4, 0.5) is 11.4 Å². The summed E-state index contributed by atoms with van der Waals surface area (Å²) in [6.07, 6.45) is 4.34. The van der Waals surface area contributed by atoms with Crippen LogP contribution >= 0.6 is 0 Å². The molecule has 1 aliphatic heterocycles. The predicted octanol–water partition coefficient (Wildman–Crippen LogP) is 3.02. The third kappa shape index (κ3) is 3.43. The first-order valence-electron chi connectivity index (χ1n) is 8.55. The second-order valence-corrected chi connectivity index (χ2v) is 8.28. The maximum absolute atomic E-state index is 12.1. The van der Waals surface area contributed by atoms with Crippen molar-refractivity contribution in [2.45, 2.75) is 13.0 Å². The minimum atomic E-state index is -3.16. The van der Waals surface area contributed by atoms with Gasteiger partial charge in [0.2, 0.25) is 10.0 Å². The van der Waals surface area contributed by atoms with Gasteiger partial charge in [0.1, 0.15) is 0 Å². The number of rotatable bonds is 5. The van der Waals surface area contributed by atoms with E-state index in [0.29, 0.717) is 19.5 Å². The number of nitrogens with zero attached hydrogens (tertiary/aromatic N) is 3. The molecular weight excluding hydrogens is 348 g/mol. The fourth-order valence-electron chi connectivity index (χ4n) is 3.14. The molecule has 0 unspecified atom stereocenters. The van der Waals surface area contributed by atoms with Gasteiger partial charge in [-0.3, -0.25) is 4.31 Å². The smallest absolute Gasteiger partial charge is 0.235 e. The lowest BCUT2D eigenvalue weighted by molar-refractivity contribution is 0.599. The molecule has 0 aliphatic carbocycles. The van der Waals surface area contributed by atoms with Crippen LogP contribution in [0.25, 0.3) is 5.69 Å². The van der Waals surface area contributed by atoms with Gasteiger partial charge in [-0.25, -0.2) is 13.1 Å². The van der Waals surface area contributed by atoms with Crippen molar-refractivity contribution in [3.05, 3.63) is 72.6 Å². The topological polar surface area (TPSA) is 67.2 Å². The fraction of sp³-hybridized carbons (Fsp3) is 0.211. The van der Waals surface area contributed by atoms with Crippen LogP contribution in [-0.2, 0) is 16.6 Å². The summed E-state index contributed by atoms with van der Waals surface area (Å²) in [7, 11) is -3.16. The van der Waals surface area contributed by atoms with Gasteiger partial charge in [-0.2, -0.15) is 5.10 Å². The summed E-state index contributed by atoms with van der Waals surface area (Å²) in [5.74, 6) is 0.227. The molecule has 0 atom stereocenters. The van der Waals surface area contributed by atoms with E-state index in [1.807, 2.05) is 53.3 Å². The molecule has 6 nitrogen and oxygen atoms in total. The molecule has 0 bridgehead atoms. The second-order valence-electron chi connectivity index (χ2n) is 6.27. The van der Waals surface area contributed by atoms with Crippen LogP contribution in [0.2, 0.25) is 0 Å². The third-order valence-corrected chi connectivity index (χ3v) is 6.28. The number of benzene rings is 2. The lowest BCUT2D eigenvalue weighted by Gasteiger charge is -2.18. The molecule has 26 heavy (non-hydrogen) atoms. The largest absolute Gasteiger partial charge is 0.381 e. The Hall–Kier alpha value is -2.80. The van der Waals surface area contributed by atoms with Gasteiger partial charge < -0.3 is 5.32 Å². The summed E-state index contributed by atoms with van der Waals surface area (Å²) in [6.45, 7) is 1.20. The molecule has 0 amide bonds. The molecule has 1 fully saturated rings. The van der Waals surface area contributed by atoms with Crippen LogP contribution in [-0.4, -0.2) is 30.5 Å². The van der Waals surface area contributed by atoms with E-state index in [2.05, 4.69) is 22.5 Å². The average molecular weight is 368 g/mol. The Morgan fingerprint density at radius 2 is 1.88 bits per heavy atom. The molecule has 0 radical (unpaired) electrons. The Kier molecular flexibility index (Phi) is 4.38. The third-order valence-electron chi connectivity index (χ3n) is 4.41. The first-order chi connectivity index (χ1) is 12.6. The normalized spacial score (nSPS) is 15.9. The SMILES string of the molecule is O=S1(=O)CCCN1c1cccc(NCc2cccc(-n3cccn3)c2)c1. The van der Waals surface area contributed by atoms with Crippen molar-refractivity contribution in [1.82, 2.24) is 9.78 Å². The van der Waals surface area contributed by atoms with Gasteiger partial charge in [0.05, 0.1) is 17.1 Å². The number of nitrogens with one attached hydrogen (secondary N) is 1. The first-order valence-corrected chi connectivity index (χ1v) is 10.2. The molecule has 1 aliphatic rings. The standard InChI is InChI=1S/C19H20N4O2S/c24-26(25)12-4-11-23(26)19-8-2-6-17(14-19)20-15-16-5-1-7-18(13-16)22-10-3-9-21-22/h1-3,5-10,13-14,20H,4,11-12,15H2. The summed E-state index contributed by atoms with van der Waals surface area (Å²) in [5, 5.41) is 7.62. The zero-order valence-electron chi connectivity index (χ0n) is 14.2. The molecule has 1 saturated heterocycles. The van der Waals surface area contributed by atoms with Gasteiger partial charge in [-0.15, -0.1) is 0 Å². The molecule has 2 heterocycles. The molecule has 134 valence electrons. The fourth-order valence-corrected chi connectivity index (χ4v) is 4.69. The van der Waals surface area contributed by atoms with Crippen LogP contribution in [0.3, 0.4) is 0 Å². The van der Waals surface area contributed by atoms with Gasteiger partial charge in [0, 0.05) is 31.2 Å². The van der Waals surface area contributed by atoms with E-state index < -0.39 is 10.0 Å². The lowest BCUT2D eigenvalue weighted by atomic mass is 10.2. The van der Waals surface area contributed by atoms with Gasteiger partial charge in [-0.1, -0.05) is 18.2 Å². The maximum Gasteiger partial charge on any atom is 0.235 e. The van der Waals surface area contributed by atoms with E-state index in [9.17, 15) is 8.42 Å². The van der Waals surface area contributed by atoms with E-state index in [-0.39, 0.29) is 5.75 Å². The lowest BCUT2D eigenvalue weighted by Crippen LogP contribution is -2.25. The van der Waals surface area contributed by atoms with Crippen molar-refractivity contribution in [1.29, 1.82) is 0 Å². The zero-order chi connectivity index (χ0) is 18.0. The minimum absolute atomic E-state index is 0.227. The summed E-state index contributed by atoms with van der Waals surface area (Å²) >= 11 is 0. The molecule has 0 saturated carbocycles. The predicted molar refractivity (Wildman–Crippen MR) is 103 cm³/mol. The van der Waals surface area contributed by atoms with Gasteiger partial charge >= 0.3 is 0 Å². The van der Waals surface area contributed by atoms with E-state index in [4.69, 9.17) is 0 Å². The van der Waals surface area contributed by atoms with Crippen molar-refractivity contribution in [2.24, 2.45) is 0 Å². The highest BCUT2D eigenvalue weighted by atomic mass is 32.2. The van der Waals surface area contributed by atoms with Crippen LogP contribution in [0, 0.1) is 0 Å². The highest BCUT2D eigenvalue weighted by molar-refractivity contribution is 7.93. The Bertz CT molecular complexity index is 1000. The zero-order valence-corrected chi connectivity index (χ0v) is 15.1. The number of aromatic nitrogens is 2. The van der Waals surface area contributed by atoms with E-state index in [0.717, 1.165) is 22.6 Å². The molecule has 7 heteroatoms. The monoisotopic (exact) mass is 368 g/mol. The average Bonchev–Trinajstić information content (AvgIpc) is 3.30. The number of hydrogen-bond acceptors (Lipinski definition) is 4. The Morgan fingerprint density at radius 1 is 1.04 bits per heavy atom. The molecule has 4 rings (SSSR count). The van der Waals surface area contributed by atoms with Crippen LogP contribution in [0.1, 0.15) is 12.0 Å². The highest BCUT2D eigenvalue weighted by Crippen LogP contribution is 2.26. The Balaban J connectivity index is 1.49. The first kappa shape index (κ1) is 16.7. The molecule has 0 spiro atoms. The number of anilines is 2. The van der Waals surface area contributed by atoms with E-state index in [1.54, 1.807) is 6.20 Å². The molecular formula is C19H20N4O2S. The van der Waals surface area contributed by atoms with Gasteiger partial charge in [0.15, 0.2) is 0 Å². The second kappa shape index (κ2) is 6.84. The quantitative estimate of drug-likeness (QED) is 0.752. The van der Waals surface area contributed by atoms with Crippen molar-refractivity contribution < 1.29 is 8.42 Å². The Labute approximate surface area is 153 Å². The number of sulfonamides is 1. The highest BCUT2D eigenvalue weighted by Gasteiger charge is 2.28. The molecule has 2 aromatic carbocycles. The van der Waals surface area contributed by atoms with Crippen molar-refractivity contribution in [3.63, 3.8) is 0 Å². The molecule has 1 aromatic heterocycles. The Morgan fingerprint density at radius 3 is 2.65 bits per heavy atom. The van der Waals surface area contributed by atoms with Crippen LogP contribution in [0.5, 0.6) is 0 Å². The minimum Gasteiger partial charge on any atom is -0.381 e. The summed E-state index contributed by atoms with van der Waals surface area (Å²) in [6, 6.07) is 17.6. The van der Waals surface area contributed by atoms with E-state index in [1.165, 1.54) is 4.31 Å². The summed E-state index contributed by atoms with van der Waals surface area (Å²) in [4.78, 5) is 0. The van der Waals surface area contributed by atoms with Crippen LogP contribution < -0.4 is 9.62 Å². The summed E-state index contributed by atoms with van der Waals surface area (Å²) in [5.41, 5.74) is 3.75. The van der Waals surface area contributed by atoms with Crippen molar-refractivity contribution in [2.75, 3.05) is 21.9 Å². The van der Waals surface area contributed by atoms with Gasteiger partial charge in [0.25, 0.3) is 0 Å². The van der Waals surface area contributed by atoms with Crippen LogP contribution in [0.15, 0.2) is 67.0 Å².